The van der Waals surface area contributed by atoms with E-state index in [0.29, 0.717) is 11.6 Å². The Labute approximate surface area is 171 Å². The molecule has 3 rings (SSSR count). The van der Waals surface area contributed by atoms with Gasteiger partial charge < -0.3 is 20.9 Å². The third-order valence-corrected chi connectivity index (χ3v) is 4.36. The minimum Gasteiger partial charge on any atom is -0.482 e. The van der Waals surface area contributed by atoms with Crippen molar-refractivity contribution in [3.63, 3.8) is 0 Å². The van der Waals surface area contributed by atoms with Gasteiger partial charge >= 0.3 is 0 Å². The van der Waals surface area contributed by atoms with Gasteiger partial charge in [0.2, 0.25) is 5.95 Å². The van der Waals surface area contributed by atoms with Crippen LogP contribution >= 0.6 is 13.5 Å². The van der Waals surface area contributed by atoms with Crippen LogP contribution in [0.5, 0.6) is 5.75 Å². The number of rotatable bonds is 9. The molecule has 0 aliphatic heterocycles. The Kier molecular flexibility index (Phi) is 8.28. The number of hydrogen-bond donors (Lipinski definition) is 3. The quantitative estimate of drug-likeness (QED) is 0.505. The van der Waals surface area contributed by atoms with Gasteiger partial charge in [-0.25, -0.2) is 4.98 Å². The van der Waals surface area contributed by atoms with E-state index in [9.17, 15) is 5.11 Å². The fourth-order valence-corrected chi connectivity index (χ4v) is 2.89. The molecule has 2 heterocycles. The van der Waals surface area contributed by atoms with E-state index in [-0.39, 0.29) is 38.7 Å². The first-order valence-corrected chi connectivity index (χ1v) is 9.16. The Bertz CT molecular complexity index is 888. The number of anilines is 2. The van der Waals surface area contributed by atoms with Crippen LogP contribution in [-0.2, 0) is 6.61 Å². The lowest BCUT2D eigenvalue weighted by Gasteiger charge is -2.19. The summed E-state index contributed by atoms with van der Waals surface area (Å²) < 4.78 is 5.95. The summed E-state index contributed by atoms with van der Waals surface area (Å²) in [4.78, 5) is 12.7. The molecule has 0 radical (unpaired) electrons. The number of aliphatic hydroxyl groups excluding tert-OH is 1. The number of nitrogen functional groups attached to an aromatic ring is 1. The Morgan fingerprint density at radius 1 is 1.21 bits per heavy atom. The highest BCUT2D eigenvalue weighted by Gasteiger charge is 2.14. The van der Waals surface area contributed by atoms with Gasteiger partial charge in [0, 0.05) is 11.6 Å². The molecule has 0 saturated heterocycles. The molecule has 1 atom stereocenters. The molecule has 0 fully saturated rings. The third-order valence-electron chi connectivity index (χ3n) is 4.36. The number of unbranched alkanes of at least 4 members (excludes halogenated alkanes) is 1. The van der Waals surface area contributed by atoms with Crippen LogP contribution < -0.4 is 15.8 Å². The molecule has 0 bridgehead atoms. The standard InChI is InChI=1S/C20H25N5O2.H2S/c1-2-3-7-15(12-26)24-19-18(11-23-20(21)25-19)27-13-17-16-8-5-4-6-14(16)9-10-22-17;/h4-6,8-11,15,26H,2-3,7,12-13H2,1H3,(H3,21,23,24,25);1H2/t15-;/m0./s1. The maximum Gasteiger partial charge on any atom is 0.222 e. The molecule has 0 spiro atoms. The number of pyridine rings is 1. The molecule has 8 heteroatoms. The molecule has 3 aromatic rings. The fourth-order valence-electron chi connectivity index (χ4n) is 2.89. The molecule has 2 aromatic heterocycles. The normalized spacial score (nSPS) is 11.6. The zero-order valence-electron chi connectivity index (χ0n) is 15.9. The first-order chi connectivity index (χ1) is 13.2. The summed E-state index contributed by atoms with van der Waals surface area (Å²) in [5.41, 5.74) is 6.57. The molecular weight excluding hydrogens is 374 g/mol. The number of benzene rings is 1. The van der Waals surface area contributed by atoms with Crippen molar-refractivity contribution in [1.29, 1.82) is 0 Å². The number of nitrogens with zero attached hydrogens (tertiary/aromatic N) is 3. The predicted octanol–water partition coefficient (Wildman–Crippen LogP) is 3.26. The van der Waals surface area contributed by atoms with Gasteiger partial charge in [0.25, 0.3) is 0 Å². The number of hydrogen-bond acceptors (Lipinski definition) is 7. The summed E-state index contributed by atoms with van der Waals surface area (Å²) in [6, 6.07) is 9.89. The predicted molar refractivity (Wildman–Crippen MR) is 117 cm³/mol. The second kappa shape index (κ2) is 10.7. The number of nitrogens with one attached hydrogen (secondary N) is 1. The van der Waals surface area contributed by atoms with Crippen molar-refractivity contribution in [2.75, 3.05) is 17.7 Å². The van der Waals surface area contributed by atoms with Crippen molar-refractivity contribution in [2.45, 2.75) is 38.8 Å². The third kappa shape index (κ3) is 5.46. The summed E-state index contributed by atoms with van der Waals surface area (Å²) >= 11 is 0. The molecule has 4 N–H and O–H groups in total. The molecule has 28 heavy (non-hydrogen) atoms. The largest absolute Gasteiger partial charge is 0.482 e. The SMILES string of the molecule is CCCC[C@@H](CO)Nc1nc(N)ncc1OCc1nccc2ccccc12.S. The molecule has 0 unspecified atom stereocenters. The molecule has 0 saturated carbocycles. The van der Waals surface area contributed by atoms with Crippen LogP contribution in [0.15, 0.2) is 42.7 Å². The van der Waals surface area contributed by atoms with Crippen LogP contribution in [0, 0.1) is 0 Å². The van der Waals surface area contributed by atoms with Gasteiger partial charge in [0.1, 0.15) is 6.61 Å². The molecule has 150 valence electrons. The highest BCUT2D eigenvalue weighted by molar-refractivity contribution is 7.59. The molecule has 7 nitrogen and oxygen atoms in total. The lowest BCUT2D eigenvalue weighted by molar-refractivity contribution is 0.265. The van der Waals surface area contributed by atoms with Crippen molar-refractivity contribution in [3.05, 3.63) is 48.4 Å². The second-order valence-electron chi connectivity index (χ2n) is 6.37. The monoisotopic (exact) mass is 401 g/mol. The lowest BCUT2D eigenvalue weighted by atomic mass is 10.1. The highest BCUT2D eigenvalue weighted by Crippen LogP contribution is 2.25. The van der Waals surface area contributed by atoms with Crippen molar-refractivity contribution in [3.8, 4) is 5.75 Å². The Balaban J connectivity index is 0.00000280. The summed E-state index contributed by atoms with van der Waals surface area (Å²) in [6.07, 6.45) is 6.21. The van der Waals surface area contributed by atoms with Gasteiger partial charge in [0.05, 0.1) is 24.5 Å². The smallest absolute Gasteiger partial charge is 0.222 e. The van der Waals surface area contributed by atoms with E-state index >= 15 is 0 Å². The minimum absolute atomic E-state index is 0. The van der Waals surface area contributed by atoms with E-state index in [1.807, 2.05) is 30.3 Å². The van der Waals surface area contributed by atoms with Crippen LogP contribution in [0.3, 0.4) is 0 Å². The van der Waals surface area contributed by atoms with E-state index in [2.05, 4.69) is 27.2 Å². The number of aliphatic hydroxyl groups is 1. The van der Waals surface area contributed by atoms with Crippen LogP contribution in [-0.4, -0.2) is 32.7 Å². The summed E-state index contributed by atoms with van der Waals surface area (Å²) in [6.45, 7) is 2.40. The average molecular weight is 402 g/mol. The van der Waals surface area contributed by atoms with Crippen molar-refractivity contribution in [1.82, 2.24) is 15.0 Å². The molecule has 1 aromatic carbocycles. The van der Waals surface area contributed by atoms with E-state index in [0.717, 1.165) is 35.7 Å². The second-order valence-corrected chi connectivity index (χ2v) is 6.37. The van der Waals surface area contributed by atoms with Crippen molar-refractivity contribution < 1.29 is 9.84 Å². The van der Waals surface area contributed by atoms with Gasteiger partial charge in [-0.05, 0) is 17.9 Å². The fraction of sp³-hybridized carbons (Fsp3) is 0.350. The first-order valence-electron chi connectivity index (χ1n) is 9.16. The minimum atomic E-state index is -0.114. The van der Waals surface area contributed by atoms with E-state index in [1.54, 1.807) is 12.4 Å². The number of nitrogens with two attached hydrogens (primary N) is 1. The summed E-state index contributed by atoms with van der Waals surface area (Å²) in [5.74, 6) is 1.12. The maximum atomic E-state index is 9.61. The zero-order chi connectivity index (χ0) is 19.1. The molecule has 0 amide bonds. The Morgan fingerprint density at radius 3 is 2.82 bits per heavy atom. The Morgan fingerprint density at radius 2 is 2.04 bits per heavy atom. The number of aromatic nitrogens is 3. The van der Waals surface area contributed by atoms with Gasteiger partial charge in [-0.2, -0.15) is 18.5 Å². The van der Waals surface area contributed by atoms with Crippen molar-refractivity contribution >= 4 is 36.0 Å². The van der Waals surface area contributed by atoms with Crippen molar-refractivity contribution in [2.24, 2.45) is 0 Å². The molecular formula is C20H27N5O2S. The van der Waals surface area contributed by atoms with Crippen LogP contribution in [0.25, 0.3) is 10.8 Å². The zero-order valence-corrected chi connectivity index (χ0v) is 16.9. The van der Waals surface area contributed by atoms with Crippen LogP contribution in [0.2, 0.25) is 0 Å². The lowest BCUT2D eigenvalue weighted by Crippen LogP contribution is -2.25. The summed E-state index contributed by atoms with van der Waals surface area (Å²) in [5, 5.41) is 15.0. The van der Waals surface area contributed by atoms with E-state index in [1.165, 1.54) is 0 Å². The maximum absolute atomic E-state index is 9.61. The van der Waals surface area contributed by atoms with E-state index < -0.39 is 0 Å². The van der Waals surface area contributed by atoms with E-state index in [4.69, 9.17) is 10.5 Å². The first kappa shape index (κ1) is 21.7. The van der Waals surface area contributed by atoms with Crippen LogP contribution in [0.1, 0.15) is 31.9 Å². The van der Waals surface area contributed by atoms with Gasteiger partial charge in [-0.1, -0.05) is 44.0 Å². The number of fused-ring (bicyclic) bond motifs is 1. The van der Waals surface area contributed by atoms with Gasteiger partial charge in [-0.15, -0.1) is 0 Å². The Hall–Kier alpha value is -2.58. The average Bonchev–Trinajstić information content (AvgIpc) is 2.70. The topological polar surface area (TPSA) is 106 Å². The highest BCUT2D eigenvalue weighted by atomic mass is 32.1. The molecule has 0 aliphatic rings. The molecule has 0 aliphatic carbocycles. The van der Waals surface area contributed by atoms with Gasteiger partial charge in [-0.3, -0.25) is 4.98 Å². The summed E-state index contributed by atoms with van der Waals surface area (Å²) in [7, 11) is 0. The number of ether oxygens (including phenoxy) is 1. The van der Waals surface area contributed by atoms with Crippen LogP contribution in [0.4, 0.5) is 11.8 Å². The van der Waals surface area contributed by atoms with Gasteiger partial charge in [0.15, 0.2) is 11.6 Å².